The Morgan fingerprint density at radius 2 is 1.61 bits per heavy atom. The molecule has 0 aromatic heterocycles. The number of carbonyl (C=O) groups is 2. The fourth-order valence-electron chi connectivity index (χ4n) is 4.05. The smallest absolute Gasteiger partial charge is 0.277 e. The molecule has 0 aliphatic carbocycles. The molecule has 1 saturated heterocycles. The first-order chi connectivity index (χ1) is 15.1. The van der Waals surface area contributed by atoms with E-state index in [2.05, 4.69) is 11.8 Å². The number of carbonyl (C=O) groups excluding carboxylic acids is 2. The molecule has 1 N–H and O–H groups in total. The highest BCUT2D eigenvalue weighted by Crippen LogP contribution is 2.32. The first-order valence-corrected chi connectivity index (χ1v) is 11.4. The lowest BCUT2D eigenvalue weighted by molar-refractivity contribution is -0.137. The van der Waals surface area contributed by atoms with Crippen molar-refractivity contribution in [1.82, 2.24) is 14.7 Å². The highest BCUT2D eigenvalue weighted by atomic mass is 16.5. The number of aliphatic hydroxyl groups excluding tert-OH is 1. The average Bonchev–Trinajstić information content (AvgIpc) is 3.02. The van der Waals surface area contributed by atoms with Gasteiger partial charge in [-0.2, -0.15) is 0 Å². The van der Waals surface area contributed by atoms with E-state index in [4.69, 9.17) is 4.74 Å². The summed E-state index contributed by atoms with van der Waals surface area (Å²) in [6.07, 6.45) is 2.74. The van der Waals surface area contributed by atoms with Crippen LogP contribution in [0.1, 0.15) is 37.3 Å². The minimum absolute atomic E-state index is 0.128. The lowest BCUT2D eigenvalue weighted by Crippen LogP contribution is -2.48. The Labute approximate surface area is 185 Å². The van der Waals surface area contributed by atoms with Crippen LogP contribution in [0, 0.1) is 6.92 Å². The van der Waals surface area contributed by atoms with Crippen LogP contribution in [0.3, 0.4) is 0 Å². The summed E-state index contributed by atoms with van der Waals surface area (Å²) in [5.74, 6) is -0.417. The van der Waals surface area contributed by atoms with Crippen LogP contribution >= 0.6 is 0 Å². The normalized spacial score (nSPS) is 17.9. The van der Waals surface area contributed by atoms with Crippen molar-refractivity contribution in [2.24, 2.45) is 0 Å². The van der Waals surface area contributed by atoms with Gasteiger partial charge in [-0.25, -0.2) is 0 Å². The van der Waals surface area contributed by atoms with E-state index in [0.29, 0.717) is 57.1 Å². The van der Waals surface area contributed by atoms with Crippen molar-refractivity contribution in [3.05, 3.63) is 41.1 Å². The summed E-state index contributed by atoms with van der Waals surface area (Å²) in [5.41, 5.74) is 2.93. The maximum atomic E-state index is 13.4. The van der Waals surface area contributed by atoms with Gasteiger partial charge in [0.2, 0.25) is 0 Å². The third kappa shape index (κ3) is 5.73. The predicted octanol–water partition coefficient (Wildman–Crippen LogP) is 1.89. The van der Waals surface area contributed by atoms with E-state index in [-0.39, 0.29) is 18.4 Å². The summed E-state index contributed by atoms with van der Waals surface area (Å²) < 4.78 is 5.61. The van der Waals surface area contributed by atoms with Crippen molar-refractivity contribution in [3.8, 4) is 0 Å². The maximum Gasteiger partial charge on any atom is 0.277 e. The van der Waals surface area contributed by atoms with Crippen LogP contribution in [0.2, 0.25) is 0 Å². The number of aliphatic hydroxyl groups is 1. The van der Waals surface area contributed by atoms with Crippen LogP contribution < -0.4 is 0 Å². The number of imide groups is 1. The molecule has 0 radical (unpaired) electrons. The van der Waals surface area contributed by atoms with E-state index in [1.165, 1.54) is 4.90 Å². The summed E-state index contributed by atoms with van der Waals surface area (Å²) in [7, 11) is 0. The topological polar surface area (TPSA) is 73.3 Å². The number of nitrogens with zero attached hydrogens (tertiary/aromatic N) is 3. The lowest BCUT2D eigenvalue weighted by atomic mass is 10.0. The molecule has 0 unspecified atom stereocenters. The molecule has 3 rings (SSSR count). The number of β-amino-alcohol motifs (C(OH)–C–C–N with tert-alkyl or cyclic N) is 1. The molecule has 1 aromatic carbocycles. The number of piperazine rings is 1. The second-order valence-electron chi connectivity index (χ2n) is 8.22. The van der Waals surface area contributed by atoms with Gasteiger partial charge in [-0.3, -0.25) is 19.4 Å². The van der Waals surface area contributed by atoms with Gasteiger partial charge in [0.15, 0.2) is 0 Å². The van der Waals surface area contributed by atoms with E-state index < -0.39 is 0 Å². The Bertz CT molecular complexity index is 783. The molecule has 1 aromatic rings. The number of hydrogen-bond acceptors (Lipinski definition) is 6. The van der Waals surface area contributed by atoms with E-state index in [0.717, 1.165) is 37.1 Å². The zero-order chi connectivity index (χ0) is 22.2. The van der Waals surface area contributed by atoms with Crippen LogP contribution in [-0.2, 0) is 14.3 Å². The quantitative estimate of drug-likeness (QED) is 0.428. The minimum Gasteiger partial charge on any atom is -0.395 e. The largest absolute Gasteiger partial charge is 0.395 e. The van der Waals surface area contributed by atoms with E-state index in [1.807, 2.05) is 36.1 Å². The van der Waals surface area contributed by atoms with Gasteiger partial charge in [-0.1, -0.05) is 43.2 Å². The van der Waals surface area contributed by atoms with Crippen LogP contribution in [0.5, 0.6) is 0 Å². The summed E-state index contributed by atoms with van der Waals surface area (Å²) in [6, 6.07) is 7.80. The van der Waals surface area contributed by atoms with Crippen molar-refractivity contribution in [2.45, 2.75) is 33.1 Å². The monoisotopic (exact) mass is 429 g/mol. The zero-order valence-electron chi connectivity index (χ0n) is 18.8. The third-order valence-corrected chi connectivity index (χ3v) is 5.90. The molecule has 1 fully saturated rings. The van der Waals surface area contributed by atoms with Crippen LogP contribution in [0.4, 0.5) is 0 Å². The number of rotatable bonds is 11. The van der Waals surface area contributed by atoms with Gasteiger partial charge in [0.1, 0.15) is 5.70 Å². The molecule has 2 aliphatic heterocycles. The van der Waals surface area contributed by atoms with Gasteiger partial charge >= 0.3 is 0 Å². The van der Waals surface area contributed by atoms with Gasteiger partial charge in [0.05, 0.1) is 12.2 Å². The summed E-state index contributed by atoms with van der Waals surface area (Å²) in [4.78, 5) is 32.3. The van der Waals surface area contributed by atoms with Gasteiger partial charge in [0.25, 0.3) is 11.8 Å². The molecule has 0 atom stereocenters. The first kappa shape index (κ1) is 23.4. The minimum atomic E-state index is -0.213. The van der Waals surface area contributed by atoms with Gasteiger partial charge in [-0.15, -0.1) is 0 Å². The van der Waals surface area contributed by atoms with E-state index >= 15 is 0 Å². The second-order valence-corrected chi connectivity index (χ2v) is 8.22. The van der Waals surface area contributed by atoms with Gasteiger partial charge in [0, 0.05) is 52.5 Å². The Morgan fingerprint density at radius 3 is 2.26 bits per heavy atom. The average molecular weight is 430 g/mol. The number of aryl methyl sites for hydroxylation is 1. The zero-order valence-corrected chi connectivity index (χ0v) is 18.8. The lowest BCUT2D eigenvalue weighted by Gasteiger charge is -2.36. The van der Waals surface area contributed by atoms with Crippen molar-refractivity contribution >= 4 is 17.4 Å². The van der Waals surface area contributed by atoms with Crippen LogP contribution in [-0.4, -0.2) is 90.7 Å². The number of ether oxygens (including phenoxy) is 1. The second kappa shape index (κ2) is 11.4. The molecule has 0 spiro atoms. The van der Waals surface area contributed by atoms with Crippen molar-refractivity contribution in [1.29, 1.82) is 0 Å². The Balaban J connectivity index is 1.76. The highest BCUT2D eigenvalue weighted by molar-refractivity contribution is 6.35. The SMILES string of the molecule is CCCCOCCCN1C(=O)C(c2ccc(C)cc2)=C(N2CCN(CCO)CC2)C1=O. The molecule has 2 amide bonds. The predicted molar refractivity (Wildman–Crippen MR) is 120 cm³/mol. The molecule has 2 heterocycles. The Kier molecular flexibility index (Phi) is 8.63. The Morgan fingerprint density at radius 1 is 0.935 bits per heavy atom. The van der Waals surface area contributed by atoms with Gasteiger partial charge < -0.3 is 14.7 Å². The number of benzene rings is 1. The van der Waals surface area contributed by atoms with Crippen molar-refractivity contribution in [3.63, 3.8) is 0 Å². The third-order valence-electron chi connectivity index (χ3n) is 5.90. The maximum absolute atomic E-state index is 13.4. The molecular formula is C24H35N3O4. The van der Waals surface area contributed by atoms with E-state index in [9.17, 15) is 14.7 Å². The summed E-state index contributed by atoms with van der Waals surface area (Å²) in [5, 5.41) is 9.19. The summed E-state index contributed by atoms with van der Waals surface area (Å²) >= 11 is 0. The molecule has 0 saturated carbocycles. The number of unbranched alkanes of at least 4 members (excludes halogenated alkanes) is 1. The molecule has 2 aliphatic rings. The molecule has 170 valence electrons. The van der Waals surface area contributed by atoms with Crippen LogP contribution in [0.15, 0.2) is 30.0 Å². The fourth-order valence-corrected chi connectivity index (χ4v) is 4.05. The molecule has 7 heteroatoms. The highest BCUT2D eigenvalue weighted by Gasteiger charge is 2.41. The van der Waals surface area contributed by atoms with Crippen LogP contribution in [0.25, 0.3) is 5.57 Å². The number of hydrogen-bond donors (Lipinski definition) is 1. The standard InChI is InChI=1S/C24H35N3O4/c1-3-4-17-31-18-5-10-27-23(29)21(20-8-6-19(2)7-9-20)22(24(27)30)26-13-11-25(12-14-26)15-16-28/h6-9,28H,3-5,10-18H2,1-2H3. The molecular weight excluding hydrogens is 394 g/mol. The fraction of sp³-hybridized carbons (Fsp3) is 0.583. The van der Waals surface area contributed by atoms with Crippen molar-refractivity contribution < 1.29 is 19.4 Å². The van der Waals surface area contributed by atoms with Crippen molar-refractivity contribution in [2.75, 3.05) is 59.1 Å². The molecule has 7 nitrogen and oxygen atoms in total. The first-order valence-electron chi connectivity index (χ1n) is 11.4. The molecule has 31 heavy (non-hydrogen) atoms. The Hall–Kier alpha value is -2.22. The van der Waals surface area contributed by atoms with Gasteiger partial charge in [-0.05, 0) is 25.3 Å². The van der Waals surface area contributed by atoms with E-state index in [1.54, 1.807) is 0 Å². The summed E-state index contributed by atoms with van der Waals surface area (Å²) in [6.45, 7) is 9.37. The molecule has 0 bridgehead atoms. The number of amides is 2.